The number of aliphatic hydroxyl groups excluding tert-OH is 1. The summed E-state index contributed by atoms with van der Waals surface area (Å²) < 4.78 is 43.0. The SMILES string of the molecule is CC(=O)Oc1ccc(C2(c3ccc(OC(=O)Oc4ccc(C(C)(C)CC(C)(C)C)cc4)cc3)CCCCC2)cc1.COc1ccc(C(C)(CCCO)c2ccc(OC)cc2)cc1.COc1ccc(C2(c3ccc(O)cc3)CCCCC2)cc1.COc1cccc(N(c2ccccc2)c2ccc(-c3ccc(N(c4ccccc4)c4cccc(OC)c4)cc3)cc2)c1.[Y]. The molecule has 0 spiro atoms. The molecule has 2 aliphatic carbocycles. The molecule has 15 rings (SSSR count). The summed E-state index contributed by atoms with van der Waals surface area (Å²) in [6, 6.07) is 110. The van der Waals surface area contributed by atoms with Gasteiger partial charge in [-0.15, -0.1) is 0 Å². The quantitative estimate of drug-likeness (QED) is 0.0300. The summed E-state index contributed by atoms with van der Waals surface area (Å²) in [6.45, 7) is 15.0. The van der Waals surface area contributed by atoms with Crippen molar-refractivity contribution in [3.63, 3.8) is 0 Å². The first kappa shape index (κ1) is 94.7. The van der Waals surface area contributed by atoms with E-state index in [9.17, 15) is 19.8 Å². The Labute approximate surface area is 771 Å². The van der Waals surface area contributed by atoms with Crippen LogP contribution in [0.4, 0.5) is 38.9 Å². The maximum absolute atomic E-state index is 12.6. The largest absolute Gasteiger partial charge is 0.519 e. The number of benzene rings is 13. The predicted octanol–water partition coefficient (Wildman–Crippen LogP) is 27.9. The zero-order valence-electron chi connectivity index (χ0n) is 75.0. The van der Waals surface area contributed by atoms with E-state index in [-0.39, 0.29) is 72.4 Å². The molecule has 0 aromatic heterocycles. The number of nitrogens with zero attached hydrogens (tertiary/aromatic N) is 2. The summed E-state index contributed by atoms with van der Waals surface area (Å²) in [4.78, 5) is 28.3. The fourth-order valence-corrected chi connectivity index (χ4v) is 17.9. The number of para-hydroxylation sites is 2. The number of carbonyl (C=O) groups excluding carboxylic acids is 2. The fourth-order valence-electron chi connectivity index (χ4n) is 17.9. The van der Waals surface area contributed by atoms with Gasteiger partial charge in [-0.25, -0.2) is 4.79 Å². The number of aliphatic hydroxyl groups is 1. The molecule has 14 nitrogen and oxygen atoms in total. The van der Waals surface area contributed by atoms with Crippen molar-refractivity contribution in [1.29, 1.82) is 0 Å². The maximum Gasteiger partial charge on any atom is 0.519 e. The Kier molecular flexibility index (Phi) is 33.7. The Morgan fingerprint density at radius 1 is 0.341 bits per heavy atom. The van der Waals surface area contributed by atoms with Crippen molar-refractivity contribution in [2.75, 3.05) is 52.0 Å². The van der Waals surface area contributed by atoms with Crippen LogP contribution < -0.4 is 47.7 Å². The van der Waals surface area contributed by atoms with Crippen LogP contribution in [-0.4, -0.2) is 64.5 Å². The van der Waals surface area contributed by atoms with Crippen molar-refractivity contribution in [1.82, 2.24) is 0 Å². The summed E-state index contributed by atoms with van der Waals surface area (Å²) in [5.74, 6) is 5.69. The third-order valence-electron chi connectivity index (χ3n) is 24.1. The van der Waals surface area contributed by atoms with Gasteiger partial charge < -0.3 is 57.9 Å². The third kappa shape index (κ3) is 24.6. The van der Waals surface area contributed by atoms with Crippen LogP contribution in [0.3, 0.4) is 0 Å². The molecule has 2 fully saturated rings. The Balaban J connectivity index is 0.000000170. The monoisotopic (exact) mass is 1760 g/mol. The van der Waals surface area contributed by atoms with Crippen LogP contribution in [0.2, 0.25) is 0 Å². The summed E-state index contributed by atoms with van der Waals surface area (Å²) in [5, 5.41) is 18.8. The van der Waals surface area contributed by atoms with Crippen LogP contribution in [-0.2, 0) is 59.2 Å². The van der Waals surface area contributed by atoms with Gasteiger partial charge in [0.25, 0.3) is 0 Å². The van der Waals surface area contributed by atoms with Gasteiger partial charge in [0.1, 0.15) is 51.7 Å². The van der Waals surface area contributed by atoms with Crippen molar-refractivity contribution >= 4 is 46.2 Å². The molecule has 0 unspecified atom stereocenters. The van der Waals surface area contributed by atoms with Gasteiger partial charge in [0.15, 0.2) is 0 Å². The molecule has 0 aliphatic heterocycles. The maximum atomic E-state index is 12.6. The number of phenolic OH excluding ortho intramolecular Hbond substituents is 1. The van der Waals surface area contributed by atoms with Crippen molar-refractivity contribution in [3.05, 3.63) is 367 Å². The van der Waals surface area contributed by atoms with Gasteiger partial charge in [0.05, 0.1) is 35.5 Å². The van der Waals surface area contributed by atoms with Crippen molar-refractivity contribution < 1.29 is 90.4 Å². The molecule has 0 amide bonds. The number of anilines is 6. The van der Waals surface area contributed by atoms with Crippen LogP contribution in [0, 0.1) is 5.41 Å². The van der Waals surface area contributed by atoms with Crippen molar-refractivity contribution in [3.8, 4) is 62.9 Å². The predicted molar refractivity (Wildman–Crippen MR) is 506 cm³/mol. The molecule has 15 heteroatoms. The number of carbonyl (C=O) groups is 2. The molecular weight excluding hydrogens is 1640 g/mol. The molecule has 2 saturated carbocycles. The first-order valence-corrected chi connectivity index (χ1v) is 43.4. The Hall–Kier alpha value is -11.9. The first-order valence-electron chi connectivity index (χ1n) is 43.4. The molecular formula is C111H120N2O12Y. The zero-order chi connectivity index (χ0) is 88.4. The zero-order valence-corrected chi connectivity index (χ0v) is 77.9. The second-order valence-corrected chi connectivity index (χ2v) is 34.3. The minimum absolute atomic E-state index is 0. The molecule has 2 N–H and O–H groups in total. The smallest absolute Gasteiger partial charge is 0.508 e. The van der Waals surface area contributed by atoms with Gasteiger partial charge in [-0.2, -0.15) is 0 Å². The average molecular weight is 1760 g/mol. The standard InChI is InChI=1S/C38H32N2O2.C35H42O5.C19H24O3.C19H22O2.Y/c1-41-37-17-9-15-35(27-37)39(31-11-5-3-6-12-31)33-23-19-29(20-24-33)30-21-25-34(26-22-30)40(32-13-7-4-8-14-32)36-16-10-18-38(28-36)42-2;1-25(36)38-29-18-12-27(13-19-29)35(22-8-7-9-23-35)28-14-20-31(21-15-28)40-32(37)39-30-16-10-26(11-17-30)34(5,6)24-33(2,3)4;1-19(13-4-14-20,15-5-9-17(21-2)10-6-15)16-7-11-18(22-3)12-8-16;1-21-18-11-7-16(8-12-18)19(13-3-2-4-14-19)15-5-9-17(20)10-6-15;/h3-28H,1-2H3;10-21H,7-9,22-24H2,1-6H3;5-12,20H,4,13-14H2,1-3H3;5-12,20H,2-4,13-14H2,1H3;. The molecule has 13 aromatic carbocycles. The second kappa shape index (κ2) is 44.8. The third-order valence-corrected chi connectivity index (χ3v) is 24.1. The van der Waals surface area contributed by atoms with E-state index < -0.39 is 6.16 Å². The Morgan fingerprint density at radius 3 is 0.992 bits per heavy atom. The van der Waals surface area contributed by atoms with Crippen LogP contribution in [0.5, 0.6) is 51.7 Å². The van der Waals surface area contributed by atoms with Crippen molar-refractivity contribution in [2.45, 2.75) is 154 Å². The Bertz CT molecular complexity index is 5320. The van der Waals surface area contributed by atoms with Crippen LogP contribution >= 0.6 is 0 Å². The van der Waals surface area contributed by atoms with Gasteiger partial charge in [0.2, 0.25) is 0 Å². The van der Waals surface area contributed by atoms with Gasteiger partial charge in [-0.1, -0.05) is 238 Å². The molecule has 1 radical (unpaired) electrons. The molecule has 0 atom stereocenters. The van der Waals surface area contributed by atoms with E-state index in [1.54, 1.807) is 47.7 Å². The number of ether oxygens (including phenoxy) is 8. The van der Waals surface area contributed by atoms with E-state index in [4.69, 9.17) is 37.9 Å². The molecule has 0 saturated heterocycles. The number of esters is 1. The van der Waals surface area contributed by atoms with E-state index in [1.807, 2.05) is 133 Å². The number of aromatic hydroxyl groups is 1. The van der Waals surface area contributed by atoms with Crippen LogP contribution in [0.25, 0.3) is 11.1 Å². The van der Waals surface area contributed by atoms with Gasteiger partial charge >= 0.3 is 12.1 Å². The normalized spacial score (nSPS) is 13.2. The molecule has 649 valence electrons. The number of phenols is 1. The molecule has 126 heavy (non-hydrogen) atoms. The summed E-state index contributed by atoms with van der Waals surface area (Å²) in [6.07, 6.45) is 13.7. The summed E-state index contributed by atoms with van der Waals surface area (Å²) in [7, 11) is 8.43. The second-order valence-electron chi connectivity index (χ2n) is 34.3. The molecule has 0 heterocycles. The van der Waals surface area contributed by atoms with Crippen LogP contribution in [0.1, 0.15) is 171 Å². The summed E-state index contributed by atoms with van der Waals surface area (Å²) in [5.41, 5.74) is 17.4. The van der Waals surface area contributed by atoms with E-state index in [0.717, 1.165) is 119 Å². The minimum atomic E-state index is -0.761. The number of hydrogen-bond acceptors (Lipinski definition) is 14. The number of rotatable bonds is 26. The minimum Gasteiger partial charge on any atom is -0.508 e. The van der Waals surface area contributed by atoms with E-state index in [0.29, 0.717) is 23.0 Å². The first-order chi connectivity index (χ1) is 60.5. The van der Waals surface area contributed by atoms with Gasteiger partial charge in [-0.3, -0.25) is 4.79 Å². The average Bonchev–Trinajstić information content (AvgIpc) is 0.774. The number of hydrogen-bond donors (Lipinski definition) is 2. The van der Waals surface area contributed by atoms with Crippen LogP contribution in [0.15, 0.2) is 328 Å². The summed E-state index contributed by atoms with van der Waals surface area (Å²) >= 11 is 0. The van der Waals surface area contributed by atoms with E-state index in [2.05, 4.69) is 233 Å². The van der Waals surface area contributed by atoms with Gasteiger partial charge in [0, 0.05) is 109 Å². The van der Waals surface area contributed by atoms with E-state index >= 15 is 0 Å². The number of methoxy groups -OCH3 is 5. The molecule has 2 aliphatic rings. The van der Waals surface area contributed by atoms with E-state index in [1.165, 1.54) is 84.4 Å². The topological polar surface area (TPSA) is 155 Å². The Morgan fingerprint density at radius 2 is 0.651 bits per heavy atom. The van der Waals surface area contributed by atoms with Crippen molar-refractivity contribution in [2.24, 2.45) is 5.41 Å². The van der Waals surface area contributed by atoms with Gasteiger partial charge in [-0.05, 0) is 264 Å². The fraction of sp³-hybridized carbons (Fsp3) is 0.279. The molecule has 13 aromatic rings. The molecule has 0 bridgehead atoms.